The highest BCUT2D eigenvalue weighted by atomic mass is 15.1. The van der Waals surface area contributed by atoms with Gasteiger partial charge in [-0.25, -0.2) is 0 Å². The largest absolute Gasteiger partial charge is 0.374 e. The Kier molecular flexibility index (Phi) is 3.15. The smallest absolute Gasteiger partial charge is 0.0392 e. The third-order valence-corrected chi connectivity index (χ3v) is 2.25. The summed E-state index contributed by atoms with van der Waals surface area (Å²) in [6.45, 7) is 7.05. The second kappa shape index (κ2) is 4.15. The van der Waals surface area contributed by atoms with Gasteiger partial charge in [-0.1, -0.05) is 18.7 Å². The van der Waals surface area contributed by atoms with Crippen molar-refractivity contribution in [2.24, 2.45) is 0 Å². The van der Waals surface area contributed by atoms with Crippen LogP contribution in [-0.4, -0.2) is 18.5 Å². The lowest BCUT2D eigenvalue weighted by Crippen LogP contribution is -2.23. The van der Waals surface area contributed by atoms with E-state index in [9.17, 15) is 0 Å². The molecule has 0 unspecified atom stereocenters. The zero-order chi connectivity index (χ0) is 8.97. The molecule has 0 N–H and O–H groups in total. The van der Waals surface area contributed by atoms with Crippen LogP contribution in [0.2, 0.25) is 0 Å². The summed E-state index contributed by atoms with van der Waals surface area (Å²) in [5, 5.41) is 0. The van der Waals surface area contributed by atoms with Crippen LogP contribution in [0.1, 0.15) is 19.8 Å². The molecular weight excluding hydrogens is 146 g/mol. The van der Waals surface area contributed by atoms with E-state index in [1.807, 2.05) is 6.08 Å². The lowest BCUT2D eigenvalue weighted by atomic mass is 10.0. The molecule has 0 fully saturated rings. The number of likely N-dealkylation sites (N-methyl/N-ethyl adjacent to an activating group) is 1. The molecule has 0 bridgehead atoms. The Balaban J connectivity index is 2.94. The number of nitrogens with zero attached hydrogens (tertiary/aromatic N) is 1. The molecule has 1 rings (SSSR count). The highest BCUT2D eigenvalue weighted by Crippen LogP contribution is 2.22. The average molecular weight is 163 g/mol. The van der Waals surface area contributed by atoms with Gasteiger partial charge in [-0.15, -0.1) is 0 Å². The Morgan fingerprint density at radius 1 is 1.50 bits per heavy atom. The maximum atomic E-state index is 3.83. The zero-order valence-electron chi connectivity index (χ0n) is 8.01. The Morgan fingerprint density at radius 2 is 2.25 bits per heavy atom. The number of allylic oxidation sites excluding steroid dienone is 4. The van der Waals surface area contributed by atoms with E-state index >= 15 is 0 Å². The topological polar surface area (TPSA) is 3.24 Å². The van der Waals surface area contributed by atoms with Gasteiger partial charge >= 0.3 is 0 Å². The quantitative estimate of drug-likeness (QED) is 0.605. The SMILES string of the molecule is C=CC1=C(/C=C\C)N(C)CCC1. The van der Waals surface area contributed by atoms with Gasteiger partial charge in [0.25, 0.3) is 0 Å². The molecule has 0 aromatic heterocycles. The van der Waals surface area contributed by atoms with Gasteiger partial charge in [-0.2, -0.15) is 0 Å². The molecular formula is C11H17N. The van der Waals surface area contributed by atoms with Crippen molar-refractivity contribution < 1.29 is 0 Å². The molecule has 0 spiro atoms. The molecule has 0 aliphatic carbocycles. The van der Waals surface area contributed by atoms with Crippen molar-refractivity contribution in [3.8, 4) is 0 Å². The molecule has 1 heterocycles. The molecule has 0 aromatic carbocycles. The highest BCUT2D eigenvalue weighted by Gasteiger charge is 2.11. The van der Waals surface area contributed by atoms with E-state index in [0.29, 0.717) is 0 Å². The van der Waals surface area contributed by atoms with Crippen LogP contribution in [0.3, 0.4) is 0 Å². The fourth-order valence-corrected chi connectivity index (χ4v) is 1.60. The summed E-state index contributed by atoms with van der Waals surface area (Å²) in [7, 11) is 2.14. The van der Waals surface area contributed by atoms with Crippen molar-refractivity contribution in [1.82, 2.24) is 4.90 Å². The summed E-state index contributed by atoms with van der Waals surface area (Å²) >= 11 is 0. The van der Waals surface area contributed by atoms with E-state index in [2.05, 4.69) is 37.6 Å². The molecule has 1 nitrogen and oxygen atoms in total. The fraction of sp³-hybridized carbons (Fsp3) is 0.455. The minimum atomic E-state index is 1.16. The molecule has 1 heteroatoms. The first kappa shape index (κ1) is 9.11. The first-order chi connectivity index (χ1) is 5.79. The van der Waals surface area contributed by atoms with Crippen LogP contribution in [0.5, 0.6) is 0 Å². The van der Waals surface area contributed by atoms with E-state index in [1.165, 1.54) is 24.1 Å². The Hall–Kier alpha value is -0.980. The Bertz CT molecular complexity index is 223. The molecule has 1 aliphatic heterocycles. The molecule has 0 aromatic rings. The van der Waals surface area contributed by atoms with E-state index in [1.54, 1.807) is 0 Å². The van der Waals surface area contributed by atoms with Gasteiger partial charge in [-0.3, -0.25) is 0 Å². The van der Waals surface area contributed by atoms with E-state index in [4.69, 9.17) is 0 Å². The molecule has 66 valence electrons. The van der Waals surface area contributed by atoms with Gasteiger partial charge < -0.3 is 4.90 Å². The first-order valence-corrected chi connectivity index (χ1v) is 4.49. The van der Waals surface area contributed by atoms with Crippen molar-refractivity contribution in [2.45, 2.75) is 19.8 Å². The second-order valence-electron chi connectivity index (χ2n) is 3.14. The minimum Gasteiger partial charge on any atom is -0.374 e. The molecule has 0 radical (unpaired) electrons. The first-order valence-electron chi connectivity index (χ1n) is 4.49. The summed E-state index contributed by atoms with van der Waals surface area (Å²) in [6.07, 6.45) is 8.65. The van der Waals surface area contributed by atoms with Crippen LogP contribution in [-0.2, 0) is 0 Å². The van der Waals surface area contributed by atoms with E-state index in [-0.39, 0.29) is 0 Å². The second-order valence-corrected chi connectivity index (χ2v) is 3.14. The van der Waals surface area contributed by atoms with Crippen LogP contribution >= 0.6 is 0 Å². The Morgan fingerprint density at radius 3 is 2.83 bits per heavy atom. The average Bonchev–Trinajstić information content (AvgIpc) is 2.09. The summed E-state index contributed by atoms with van der Waals surface area (Å²) in [5.41, 5.74) is 2.71. The van der Waals surface area contributed by atoms with Crippen LogP contribution in [0.25, 0.3) is 0 Å². The van der Waals surface area contributed by atoms with E-state index in [0.717, 1.165) is 6.54 Å². The zero-order valence-corrected chi connectivity index (χ0v) is 8.01. The van der Waals surface area contributed by atoms with Crippen molar-refractivity contribution in [3.05, 3.63) is 36.1 Å². The third-order valence-electron chi connectivity index (χ3n) is 2.25. The van der Waals surface area contributed by atoms with Crippen molar-refractivity contribution in [2.75, 3.05) is 13.6 Å². The Labute approximate surface area is 75.1 Å². The van der Waals surface area contributed by atoms with E-state index < -0.39 is 0 Å². The maximum absolute atomic E-state index is 3.83. The fourth-order valence-electron chi connectivity index (χ4n) is 1.60. The molecule has 0 saturated heterocycles. The highest BCUT2D eigenvalue weighted by molar-refractivity contribution is 5.32. The van der Waals surface area contributed by atoms with Gasteiger partial charge in [0.1, 0.15) is 0 Å². The minimum absolute atomic E-state index is 1.16. The lowest BCUT2D eigenvalue weighted by molar-refractivity contribution is 0.394. The third kappa shape index (κ3) is 1.79. The molecule has 0 amide bonds. The summed E-state index contributed by atoms with van der Waals surface area (Å²) < 4.78 is 0. The van der Waals surface area contributed by atoms with Crippen LogP contribution in [0.4, 0.5) is 0 Å². The maximum Gasteiger partial charge on any atom is 0.0392 e. The van der Waals surface area contributed by atoms with Crippen LogP contribution < -0.4 is 0 Å². The standard InChI is InChI=1S/C11H17N/c1-4-7-11-10(5-2)8-6-9-12(11)3/h4-5,7H,2,6,8-9H2,1,3H3/b7-4-. The van der Waals surface area contributed by atoms with Crippen molar-refractivity contribution in [1.29, 1.82) is 0 Å². The normalized spacial score (nSPS) is 19.0. The predicted molar refractivity (Wildman–Crippen MR) is 53.9 cm³/mol. The number of hydrogen-bond acceptors (Lipinski definition) is 1. The summed E-state index contributed by atoms with van der Waals surface area (Å²) in [5.74, 6) is 0. The lowest BCUT2D eigenvalue weighted by Gasteiger charge is -2.27. The van der Waals surface area contributed by atoms with Gasteiger partial charge in [0, 0.05) is 19.3 Å². The summed E-state index contributed by atoms with van der Waals surface area (Å²) in [4.78, 5) is 2.29. The monoisotopic (exact) mass is 163 g/mol. The predicted octanol–water partition coefficient (Wildman–Crippen LogP) is 2.73. The molecule has 0 saturated carbocycles. The van der Waals surface area contributed by atoms with Crippen LogP contribution in [0, 0.1) is 0 Å². The van der Waals surface area contributed by atoms with Crippen molar-refractivity contribution in [3.63, 3.8) is 0 Å². The number of hydrogen-bond donors (Lipinski definition) is 0. The van der Waals surface area contributed by atoms with Crippen molar-refractivity contribution >= 4 is 0 Å². The van der Waals surface area contributed by atoms with Gasteiger partial charge in [0.2, 0.25) is 0 Å². The van der Waals surface area contributed by atoms with Gasteiger partial charge in [0.15, 0.2) is 0 Å². The summed E-state index contributed by atoms with van der Waals surface area (Å²) in [6, 6.07) is 0. The molecule has 12 heavy (non-hydrogen) atoms. The van der Waals surface area contributed by atoms with Gasteiger partial charge in [-0.05, 0) is 31.4 Å². The molecule has 0 atom stereocenters. The number of rotatable bonds is 2. The van der Waals surface area contributed by atoms with Crippen LogP contribution in [0.15, 0.2) is 36.1 Å². The van der Waals surface area contributed by atoms with Gasteiger partial charge in [0.05, 0.1) is 0 Å². The molecule has 1 aliphatic rings.